The summed E-state index contributed by atoms with van der Waals surface area (Å²) in [5.74, 6) is 0.0951. The molecule has 0 radical (unpaired) electrons. The Morgan fingerprint density at radius 3 is 2.65 bits per heavy atom. The van der Waals surface area contributed by atoms with Gasteiger partial charge in [-0.15, -0.1) is 0 Å². The van der Waals surface area contributed by atoms with Crippen molar-refractivity contribution in [3.8, 4) is 11.3 Å². The Labute approximate surface area is 147 Å². The van der Waals surface area contributed by atoms with Gasteiger partial charge in [-0.25, -0.2) is 4.98 Å². The molecule has 0 aliphatic heterocycles. The summed E-state index contributed by atoms with van der Waals surface area (Å²) >= 11 is 0. The fourth-order valence-electron chi connectivity index (χ4n) is 2.28. The highest BCUT2D eigenvalue weighted by molar-refractivity contribution is 6.02. The summed E-state index contributed by atoms with van der Waals surface area (Å²) in [6.45, 7) is 0. The van der Waals surface area contributed by atoms with E-state index in [1.807, 2.05) is 0 Å². The van der Waals surface area contributed by atoms with Crippen LogP contribution in [0.2, 0.25) is 0 Å². The molecular weight excluding hydrogens is 345 g/mol. The number of carbonyl (C=O) groups is 1. The molecule has 0 atom stereocenters. The van der Waals surface area contributed by atoms with Crippen LogP contribution in [0.15, 0.2) is 71.6 Å². The van der Waals surface area contributed by atoms with Crippen molar-refractivity contribution in [3.05, 3.63) is 78.3 Å². The molecule has 0 aliphatic carbocycles. The van der Waals surface area contributed by atoms with Crippen LogP contribution in [-0.2, 0) is 11.0 Å². The summed E-state index contributed by atoms with van der Waals surface area (Å²) in [5.41, 5.74) is 0.782. The van der Waals surface area contributed by atoms with Crippen LogP contribution in [0.3, 0.4) is 0 Å². The third-order valence-electron chi connectivity index (χ3n) is 3.49. The van der Waals surface area contributed by atoms with Gasteiger partial charge in [0.1, 0.15) is 0 Å². The van der Waals surface area contributed by atoms with Crippen LogP contribution in [0.5, 0.6) is 0 Å². The Hall–Kier alpha value is -3.35. The number of aromatic nitrogens is 1. The quantitative estimate of drug-likeness (QED) is 0.667. The first kappa shape index (κ1) is 17.5. The number of alkyl halides is 3. The average Bonchev–Trinajstić information content (AvgIpc) is 3.14. The SMILES string of the molecule is O=C(/C=C/c1cccc(C(F)(F)F)c1)Nc1cccc(-c2cnco2)c1. The Morgan fingerprint density at radius 2 is 1.92 bits per heavy atom. The summed E-state index contributed by atoms with van der Waals surface area (Å²) in [4.78, 5) is 15.8. The molecule has 7 heteroatoms. The van der Waals surface area contributed by atoms with Crippen LogP contribution >= 0.6 is 0 Å². The molecule has 4 nitrogen and oxygen atoms in total. The van der Waals surface area contributed by atoms with Crippen LogP contribution in [-0.4, -0.2) is 10.9 Å². The standard InChI is InChI=1S/C19H13F3N2O2/c20-19(21,22)15-5-1-3-13(9-15)7-8-18(25)24-16-6-2-4-14(10-16)17-11-23-12-26-17/h1-12H,(H,24,25)/b8-7+. The Bertz CT molecular complexity index is 932. The molecule has 1 N–H and O–H groups in total. The third kappa shape index (κ3) is 4.38. The number of anilines is 1. The van der Waals surface area contributed by atoms with E-state index < -0.39 is 17.6 Å². The zero-order valence-corrected chi connectivity index (χ0v) is 13.3. The van der Waals surface area contributed by atoms with Gasteiger partial charge in [-0.2, -0.15) is 13.2 Å². The van der Waals surface area contributed by atoms with Crippen molar-refractivity contribution >= 4 is 17.7 Å². The predicted molar refractivity (Wildman–Crippen MR) is 91.0 cm³/mol. The van der Waals surface area contributed by atoms with Crippen LogP contribution in [0.4, 0.5) is 18.9 Å². The first-order valence-electron chi connectivity index (χ1n) is 7.57. The predicted octanol–water partition coefficient (Wildman–Crippen LogP) is 5.01. The van der Waals surface area contributed by atoms with Crippen molar-refractivity contribution in [1.29, 1.82) is 0 Å². The molecule has 3 aromatic rings. The van der Waals surface area contributed by atoms with Crippen LogP contribution in [0, 0.1) is 0 Å². The maximum absolute atomic E-state index is 12.7. The van der Waals surface area contributed by atoms with E-state index in [-0.39, 0.29) is 5.56 Å². The van der Waals surface area contributed by atoms with E-state index in [1.54, 1.807) is 30.5 Å². The number of hydrogen-bond donors (Lipinski definition) is 1. The highest BCUT2D eigenvalue weighted by atomic mass is 19.4. The number of nitrogens with zero attached hydrogens (tertiary/aromatic N) is 1. The molecule has 1 aromatic heterocycles. The molecule has 0 saturated heterocycles. The number of oxazole rings is 1. The second-order valence-corrected chi connectivity index (χ2v) is 5.39. The monoisotopic (exact) mass is 358 g/mol. The lowest BCUT2D eigenvalue weighted by Gasteiger charge is -2.07. The van der Waals surface area contributed by atoms with E-state index in [1.165, 1.54) is 30.7 Å². The minimum atomic E-state index is -4.42. The lowest BCUT2D eigenvalue weighted by Crippen LogP contribution is -2.07. The van der Waals surface area contributed by atoms with E-state index in [0.29, 0.717) is 11.4 Å². The summed E-state index contributed by atoms with van der Waals surface area (Å²) in [7, 11) is 0. The van der Waals surface area contributed by atoms with Gasteiger partial charge >= 0.3 is 6.18 Å². The van der Waals surface area contributed by atoms with Gasteiger partial charge in [0.25, 0.3) is 0 Å². The molecule has 0 aliphatic rings. The number of rotatable bonds is 4. The van der Waals surface area contributed by atoms with Crippen molar-refractivity contribution in [2.75, 3.05) is 5.32 Å². The largest absolute Gasteiger partial charge is 0.444 e. The highest BCUT2D eigenvalue weighted by Gasteiger charge is 2.30. The number of hydrogen-bond acceptors (Lipinski definition) is 3. The molecule has 0 unspecified atom stereocenters. The smallest absolute Gasteiger partial charge is 0.416 e. The molecule has 0 saturated carbocycles. The molecule has 26 heavy (non-hydrogen) atoms. The topological polar surface area (TPSA) is 55.1 Å². The summed E-state index contributed by atoms with van der Waals surface area (Å²) in [6.07, 6.45) is 0.932. The number of amides is 1. The summed E-state index contributed by atoms with van der Waals surface area (Å²) in [6, 6.07) is 11.7. The van der Waals surface area contributed by atoms with E-state index >= 15 is 0 Å². The molecule has 0 spiro atoms. The number of carbonyl (C=O) groups excluding carboxylic acids is 1. The Morgan fingerprint density at radius 1 is 1.12 bits per heavy atom. The molecule has 1 amide bonds. The van der Waals surface area contributed by atoms with E-state index in [9.17, 15) is 18.0 Å². The molecule has 0 fully saturated rings. The lowest BCUT2D eigenvalue weighted by molar-refractivity contribution is -0.137. The highest BCUT2D eigenvalue weighted by Crippen LogP contribution is 2.29. The first-order valence-corrected chi connectivity index (χ1v) is 7.57. The number of benzene rings is 2. The number of halogens is 3. The van der Waals surface area contributed by atoms with Crippen molar-refractivity contribution < 1.29 is 22.4 Å². The van der Waals surface area contributed by atoms with E-state index in [2.05, 4.69) is 10.3 Å². The second-order valence-electron chi connectivity index (χ2n) is 5.39. The summed E-state index contributed by atoms with van der Waals surface area (Å²) in [5, 5.41) is 2.65. The molecular formula is C19H13F3N2O2. The first-order chi connectivity index (χ1) is 12.4. The minimum Gasteiger partial charge on any atom is -0.444 e. The maximum Gasteiger partial charge on any atom is 0.416 e. The van der Waals surface area contributed by atoms with Crippen molar-refractivity contribution in [2.45, 2.75) is 6.18 Å². The van der Waals surface area contributed by atoms with Gasteiger partial charge in [0.05, 0.1) is 11.8 Å². The Kier molecular flexibility index (Phi) is 4.88. The van der Waals surface area contributed by atoms with Crippen molar-refractivity contribution in [2.24, 2.45) is 0 Å². The van der Waals surface area contributed by atoms with Gasteiger partial charge < -0.3 is 9.73 Å². The zero-order chi connectivity index (χ0) is 18.6. The molecule has 132 valence electrons. The normalized spacial score (nSPS) is 11.7. The summed E-state index contributed by atoms with van der Waals surface area (Å²) < 4.78 is 43.3. The van der Waals surface area contributed by atoms with E-state index in [4.69, 9.17) is 4.42 Å². The lowest BCUT2D eigenvalue weighted by atomic mass is 10.1. The minimum absolute atomic E-state index is 0.283. The van der Waals surface area contributed by atoms with E-state index in [0.717, 1.165) is 17.7 Å². The van der Waals surface area contributed by atoms with Gasteiger partial charge in [-0.3, -0.25) is 4.79 Å². The van der Waals surface area contributed by atoms with Gasteiger partial charge in [0.15, 0.2) is 12.2 Å². The average molecular weight is 358 g/mol. The van der Waals surface area contributed by atoms with Crippen LogP contribution in [0.25, 0.3) is 17.4 Å². The van der Waals surface area contributed by atoms with Crippen LogP contribution < -0.4 is 5.32 Å². The molecule has 2 aromatic carbocycles. The van der Waals surface area contributed by atoms with Gasteiger partial charge in [-0.1, -0.05) is 24.3 Å². The van der Waals surface area contributed by atoms with Gasteiger partial charge in [-0.05, 0) is 35.9 Å². The fourth-order valence-corrected chi connectivity index (χ4v) is 2.28. The zero-order valence-electron chi connectivity index (χ0n) is 13.3. The van der Waals surface area contributed by atoms with Crippen molar-refractivity contribution in [1.82, 2.24) is 4.98 Å². The van der Waals surface area contributed by atoms with Gasteiger partial charge in [0.2, 0.25) is 5.91 Å². The second kappa shape index (κ2) is 7.26. The van der Waals surface area contributed by atoms with Crippen LogP contribution in [0.1, 0.15) is 11.1 Å². The van der Waals surface area contributed by atoms with Gasteiger partial charge in [0, 0.05) is 17.3 Å². The Balaban J connectivity index is 1.70. The molecule has 3 rings (SSSR count). The maximum atomic E-state index is 12.7. The third-order valence-corrected chi connectivity index (χ3v) is 3.49. The van der Waals surface area contributed by atoms with Crippen molar-refractivity contribution in [3.63, 3.8) is 0 Å². The number of nitrogens with one attached hydrogen (secondary N) is 1. The molecule has 0 bridgehead atoms. The fraction of sp³-hybridized carbons (Fsp3) is 0.0526. The molecule has 1 heterocycles.